The lowest BCUT2D eigenvalue weighted by Gasteiger charge is -2.32. The zero-order valence-corrected chi connectivity index (χ0v) is 20.2. The van der Waals surface area contributed by atoms with Gasteiger partial charge in [-0.25, -0.2) is 4.99 Å². The van der Waals surface area contributed by atoms with Gasteiger partial charge in [0, 0.05) is 23.7 Å². The second kappa shape index (κ2) is 12.1. The minimum absolute atomic E-state index is 0.0654. The van der Waals surface area contributed by atoms with Gasteiger partial charge in [-0.05, 0) is 49.2 Å². The van der Waals surface area contributed by atoms with Crippen LogP contribution in [0.3, 0.4) is 0 Å². The average molecular weight is 472 g/mol. The van der Waals surface area contributed by atoms with Crippen LogP contribution in [0.2, 0.25) is 5.02 Å². The molecule has 0 radical (unpaired) electrons. The first-order chi connectivity index (χ1) is 15.5. The van der Waals surface area contributed by atoms with Gasteiger partial charge in [0.25, 0.3) is 0 Å². The van der Waals surface area contributed by atoms with Gasteiger partial charge in [-0.1, -0.05) is 74.2 Å². The molecule has 0 saturated carbocycles. The predicted octanol–water partition coefficient (Wildman–Crippen LogP) is 6.58. The van der Waals surface area contributed by atoms with Gasteiger partial charge in [-0.3, -0.25) is 14.5 Å². The number of halogens is 1. The van der Waals surface area contributed by atoms with Crippen molar-refractivity contribution in [3.05, 3.63) is 59.1 Å². The number of unbranched alkanes of at least 4 members (excludes halogenated alkanes) is 4. The molecule has 32 heavy (non-hydrogen) atoms. The normalized spacial score (nSPS) is 17.6. The summed E-state index contributed by atoms with van der Waals surface area (Å²) in [5, 5.41) is 3.55. The number of anilines is 1. The van der Waals surface area contributed by atoms with Crippen molar-refractivity contribution in [2.24, 2.45) is 4.99 Å². The summed E-state index contributed by atoms with van der Waals surface area (Å²) in [6.45, 7) is 4.77. The van der Waals surface area contributed by atoms with Gasteiger partial charge >= 0.3 is 0 Å². The Balaban J connectivity index is 1.76. The van der Waals surface area contributed by atoms with E-state index in [-0.39, 0.29) is 18.2 Å². The van der Waals surface area contributed by atoms with Crippen LogP contribution in [0.25, 0.3) is 0 Å². The summed E-state index contributed by atoms with van der Waals surface area (Å²) in [5.41, 5.74) is 2.46. The van der Waals surface area contributed by atoms with Crippen LogP contribution in [0.5, 0.6) is 0 Å². The SMILES string of the molecule is CCCCCCCN1C(=O)CC(C(=O)Nc2cccc(C)c2)SC1=Nc1cccc(Cl)c1. The van der Waals surface area contributed by atoms with Crippen molar-refractivity contribution in [3.8, 4) is 0 Å². The number of nitrogens with one attached hydrogen (secondary N) is 1. The van der Waals surface area contributed by atoms with E-state index in [1.807, 2.05) is 43.3 Å². The van der Waals surface area contributed by atoms with Gasteiger partial charge in [-0.15, -0.1) is 0 Å². The second-order valence-electron chi connectivity index (χ2n) is 8.00. The quantitative estimate of drug-likeness (QED) is 0.420. The number of rotatable bonds is 9. The van der Waals surface area contributed by atoms with Crippen LogP contribution >= 0.6 is 23.4 Å². The number of benzene rings is 2. The van der Waals surface area contributed by atoms with E-state index >= 15 is 0 Å². The van der Waals surface area contributed by atoms with Gasteiger partial charge in [0.05, 0.1) is 5.69 Å². The van der Waals surface area contributed by atoms with Crippen LogP contribution < -0.4 is 5.32 Å². The first kappa shape index (κ1) is 24.3. The summed E-state index contributed by atoms with van der Waals surface area (Å²) in [7, 11) is 0. The number of amidine groups is 1. The highest BCUT2D eigenvalue weighted by atomic mass is 35.5. The molecular weight excluding hydrogens is 442 g/mol. The largest absolute Gasteiger partial charge is 0.325 e. The number of aryl methyl sites for hydroxylation is 1. The van der Waals surface area contributed by atoms with Crippen molar-refractivity contribution < 1.29 is 9.59 Å². The standard InChI is InChI=1S/C25H30ClN3O2S/c1-3-4-5-6-7-14-29-23(30)17-22(24(31)27-20-12-8-10-18(2)15-20)32-25(29)28-21-13-9-11-19(26)16-21/h8-13,15-16,22H,3-7,14,17H2,1-2H3,(H,27,31). The Labute approximate surface area is 199 Å². The number of nitrogens with zero attached hydrogens (tertiary/aromatic N) is 2. The highest BCUT2D eigenvalue weighted by Gasteiger charge is 2.35. The molecule has 0 spiro atoms. The van der Waals surface area contributed by atoms with Crippen LogP contribution in [0.4, 0.5) is 11.4 Å². The molecule has 1 unspecified atom stereocenters. The Bertz CT molecular complexity index is 979. The summed E-state index contributed by atoms with van der Waals surface area (Å²) < 4.78 is 0. The Morgan fingerprint density at radius 2 is 1.94 bits per heavy atom. The average Bonchev–Trinajstić information content (AvgIpc) is 2.75. The van der Waals surface area contributed by atoms with E-state index < -0.39 is 5.25 Å². The molecule has 1 saturated heterocycles. The molecule has 170 valence electrons. The van der Waals surface area contributed by atoms with Gasteiger partial charge in [0.2, 0.25) is 11.8 Å². The fourth-order valence-corrected chi connectivity index (χ4v) is 4.85. The summed E-state index contributed by atoms with van der Waals surface area (Å²) >= 11 is 7.46. The van der Waals surface area contributed by atoms with E-state index in [1.165, 1.54) is 24.6 Å². The molecule has 0 bridgehead atoms. The molecule has 3 rings (SSSR count). The Morgan fingerprint density at radius 3 is 2.69 bits per heavy atom. The van der Waals surface area contributed by atoms with Crippen LogP contribution in [0.1, 0.15) is 51.0 Å². The maximum atomic E-state index is 13.0. The van der Waals surface area contributed by atoms with Crippen molar-refractivity contribution in [1.82, 2.24) is 4.90 Å². The van der Waals surface area contributed by atoms with Gasteiger partial charge in [0.1, 0.15) is 5.25 Å². The maximum absolute atomic E-state index is 13.0. The lowest BCUT2D eigenvalue weighted by Crippen LogP contribution is -2.45. The number of thioether (sulfide) groups is 1. The minimum atomic E-state index is -0.530. The van der Waals surface area contributed by atoms with Crippen molar-refractivity contribution in [2.75, 3.05) is 11.9 Å². The topological polar surface area (TPSA) is 61.8 Å². The maximum Gasteiger partial charge on any atom is 0.238 e. The highest BCUT2D eigenvalue weighted by molar-refractivity contribution is 8.15. The minimum Gasteiger partial charge on any atom is -0.325 e. The molecule has 1 atom stereocenters. The zero-order chi connectivity index (χ0) is 22.9. The van der Waals surface area contributed by atoms with E-state index in [9.17, 15) is 9.59 Å². The molecule has 1 aliphatic heterocycles. The monoisotopic (exact) mass is 471 g/mol. The van der Waals surface area contributed by atoms with Crippen molar-refractivity contribution in [2.45, 2.75) is 57.6 Å². The third-order valence-electron chi connectivity index (χ3n) is 5.24. The molecule has 1 fully saturated rings. The summed E-state index contributed by atoms with van der Waals surface area (Å²) in [5.74, 6) is -0.250. The van der Waals surface area contributed by atoms with Crippen LogP contribution in [-0.2, 0) is 9.59 Å². The zero-order valence-electron chi connectivity index (χ0n) is 18.6. The van der Waals surface area contributed by atoms with E-state index in [0.717, 1.165) is 30.5 Å². The number of hydrogen-bond acceptors (Lipinski definition) is 4. The van der Waals surface area contributed by atoms with Gasteiger partial charge < -0.3 is 5.32 Å². The van der Waals surface area contributed by atoms with Gasteiger partial charge in [0.15, 0.2) is 5.17 Å². The second-order valence-corrected chi connectivity index (χ2v) is 9.61. The molecular formula is C25H30ClN3O2S. The number of hydrogen-bond donors (Lipinski definition) is 1. The fourth-order valence-electron chi connectivity index (χ4n) is 3.54. The Morgan fingerprint density at radius 1 is 1.16 bits per heavy atom. The van der Waals surface area contributed by atoms with E-state index in [1.54, 1.807) is 17.0 Å². The van der Waals surface area contributed by atoms with E-state index in [2.05, 4.69) is 12.2 Å². The molecule has 5 nitrogen and oxygen atoms in total. The lowest BCUT2D eigenvalue weighted by atomic mass is 10.1. The molecule has 1 N–H and O–H groups in total. The first-order valence-corrected chi connectivity index (χ1v) is 12.4. The molecule has 1 aliphatic rings. The molecule has 0 aliphatic carbocycles. The third-order valence-corrected chi connectivity index (χ3v) is 6.66. The number of carbonyl (C=O) groups excluding carboxylic acids is 2. The van der Waals surface area contributed by atoms with Crippen molar-refractivity contribution in [3.63, 3.8) is 0 Å². The van der Waals surface area contributed by atoms with E-state index in [0.29, 0.717) is 22.4 Å². The Hall–Kier alpha value is -2.31. The Kier molecular flexibility index (Phi) is 9.18. The molecule has 0 aromatic heterocycles. The number of amides is 2. The first-order valence-electron chi connectivity index (χ1n) is 11.1. The molecule has 2 aromatic rings. The number of carbonyl (C=O) groups is 2. The fraction of sp³-hybridized carbons (Fsp3) is 0.400. The number of aliphatic imine (C=N–C) groups is 1. The third kappa shape index (κ3) is 7.10. The summed E-state index contributed by atoms with van der Waals surface area (Å²) in [4.78, 5) is 32.4. The lowest BCUT2D eigenvalue weighted by molar-refractivity contribution is -0.129. The molecule has 2 amide bonds. The van der Waals surface area contributed by atoms with Crippen molar-refractivity contribution in [1.29, 1.82) is 0 Å². The molecule has 2 aromatic carbocycles. The smallest absolute Gasteiger partial charge is 0.238 e. The van der Waals surface area contributed by atoms with E-state index in [4.69, 9.17) is 16.6 Å². The highest BCUT2D eigenvalue weighted by Crippen LogP contribution is 2.31. The van der Waals surface area contributed by atoms with Crippen LogP contribution in [-0.4, -0.2) is 33.7 Å². The predicted molar refractivity (Wildman–Crippen MR) is 135 cm³/mol. The summed E-state index contributed by atoms with van der Waals surface area (Å²) in [6.07, 6.45) is 5.69. The van der Waals surface area contributed by atoms with Crippen LogP contribution in [0.15, 0.2) is 53.5 Å². The summed E-state index contributed by atoms with van der Waals surface area (Å²) in [6, 6.07) is 14.9. The van der Waals surface area contributed by atoms with Gasteiger partial charge in [-0.2, -0.15) is 0 Å². The van der Waals surface area contributed by atoms with Crippen molar-refractivity contribution >= 4 is 51.7 Å². The molecule has 7 heteroatoms. The molecule has 1 heterocycles. The van der Waals surface area contributed by atoms with Crippen LogP contribution in [0, 0.1) is 6.92 Å².